The lowest BCUT2D eigenvalue weighted by molar-refractivity contribution is 0.0698. The van der Waals surface area contributed by atoms with Crippen LogP contribution in [0.2, 0.25) is 0 Å². The molecule has 0 aliphatic rings. The molecule has 0 radical (unpaired) electrons. The van der Waals surface area contributed by atoms with Gasteiger partial charge in [0.05, 0.1) is 16.9 Å². The summed E-state index contributed by atoms with van der Waals surface area (Å²) in [5.74, 6) is -6.40. The van der Waals surface area contributed by atoms with E-state index in [9.17, 15) is 22.4 Å². The SMILES string of the molecule is Nc1cc(F)c(Nc2cc(F)cc(F)c2F)cc1C(=O)O. The molecule has 0 aliphatic carbocycles. The molecule has 0 fully saturated rings. The van der Waals surface area contributed by atoms with Crippen LogP contribution in [0.25, 0.3) is 0 Å². The van der Waals surface area contributed by atoms with Crippen LogP contribution in [-0.2, 0) is 0 Å². The molecule has 0 atom stereocenters. The van der Waals surface area contributed by atoms with Crippen molar-refractivity contribution in [1.82, 2.24) is 0 Å². The largest absolute Gasteiger partial charge is 0.478 e. The van der Waals surface area contributed by atoms with E-state index >= 15 is 0 Å². The van der Waals surface area contributed by atoms with E-state index in [0.717, 1.165) is 6.07 Å². The summed E-state index contributed by atoms with van der Waals surface area (Å²) in [6, 6.07) is 2.44. The zero-order valence-electron chi connectivity index (χ0n) is 10.3. The topological polar surface area (TPSA) is 75.3 Å². The highest BCUT2D eigenvalue weighted by molar-refractivity contribution is 5.95. The van der Waals surface area contributed by atoms with Crippen LogP contribution >= 0.6 is 0 Å². The molecule has 0 aliphatic heterocycles. The first kappa shape index (κ1) is 14.6. The third-order valence-corrected chi connectivity index (χ3v) is 2.63. The Morgan fingerprint density at radius 1 is 1.00 bits per heavy atom. The average Bonchev–Trinajstić information content (AvgIpc) is 2.37. The minimum Gasteiger partial charge on any atom is -0.478 e. The molecular weight excluding hydrogens is 292 g/mol. The minimum atomic E-state index is -1.47. The fourth-order valence-corrected chi connectivity index (χ4v) is 1.66. The lowest BCUT2D eigenvalue weighted by Gasteiger charge is -2.11. The number of nitrogens with one attached hydrogen (secondary N) is 1. The third-order valence-electron chi connectivity index (χ3n) is 2.63. The Morgan fingerprint density at radius 3 is 2.29 bits per heavy atom. The number of hydrogen-bond acceptors (Lipinski definition) is 3. The van der Waals surface area contributed by atoms with Gasteiger partial charge in [0.15, 0.2) is 11.6 Å². The molecule has 21 heavy (non-hydrogen) atoms. The molecule has 8 heteroatoms. The van der Waals surface area contributed by atoms with E-state index in [0.29, 0.717) is 18.2 Å². The fraction of sp³-hybridized carbons (Fsp3) is 0. The number of carboxylic acids is 1. The number of nitrogen functional groups attached to an aromatic ring is 1. The van der Waals surface area contributed by atoms with E-state index in [1.807, 2.05) is 0 Å². The average molecular weight is 300 g/mol. The first-order chi connectivity index (χ1) is 9.79. The van der Waals surface area contributed by atoms with E-state index < -0.39 is 46.2 Å². The molecular formula is C13H8F4N2O2. The maximum Gasteiger partial charge on any atom is 0.337 e. The molecule has 2 aromatic carbocycles. The van der Waals surface area contributed by atoms with Gasteiger partial charge in [0.1, 0.15) is 11.6 Å². The summed E-state index contributed by atoms with van der Waals surface area (Å²) in [6.45, 7) is 0. The molecule has 2 rings (SSSR count). The second kappa shape index (κ2) is 5.31. The summed E-state index contributed by atoms with van der Waals surface area (Å²) in [5.41, 5.74) is 3.39. The van der Waals surface area contributed by atoms with Gasteiger partial charge in [-0.1, -0.05) is 0 Å². The highest BCUT2D eigenvalue weighted by Gasteiger charge is 2.16. The summed E-state index contributed by atoms with van der Waals surface area (Å²) in [6.07, 6.45) is 0. The Hall–Kier alpha value is -2.77. The number of carbonyl (C=O) groups is 1. The number of nitrogens with two attached hydrogens (primary N) is 1. The Balaban J connectivity index is 2.49. The molecule has 0 saturated heterocycles. The van der Waals surface area contributed by atoms with Gasteiger partial charge in [0.2, 0.25) is 0 Å². The molecule has 4 N–H and O–H groups in total. The van der Waals surface area contributed by atoms with Crippen molar-refractivity contribution < 1.29 is 27.5 Å². The molecule has 0 aromatic heterocycles. The van der Waals surface area contributed by atoms with Gasteiger partial charge >= 0.3 is 5.97 Å². The zero-order chi connectivity index (χ0) is 15.7. The van der Waals surface area contributed by atoms with Crippen LogP contribution < -0.4 is 11.1 Å². The van der Waals surface area contributed by atoms with Crippen molar-refractivity contribution in [3.05, 3.63) is 53.1 Å². The van der Waals surface area contributed by atoms with E-state index in [-0.39, 0.29) is 5.69 Å². The molecule has 2 aromatic rings. The number of hydrogen-bond donors (Lipinski definition) is 3. The van der Waals surface area contributed by atoms with Gasteiger partial charge in [0, 0.05) is 17.8 Å². The Morgan fingerprint density at radius 2 is 1.67 bits per heavy atom. The van der Waals surface area contributed by atoms with Gasteiger partial charge in [-0.3, -0.25) is 0 Å². The second-order valence-electron chi connectivity index (χ2n) is 4.10. The zero-order valence-corrected chi connectivity index (χ0v) is 10.3. The highest BCUT2D eigenvalue weighted by Crippen LogP contribution is 2.28. The van der Waals surface area contributed by atoms with Crippen LogP contribution in [0.3, 0.4) is 0 Å². The van der Waals surface area contributed by atoms with Gasteiger partial charge in [-0.15, -0.1) is 0 Å². The van der Waals surface area contributed by atoms with Crippen LogP contribution in [0.4, 0.5) is 34.6 Å². The Bertz CT molecular complexity index is 735. The van der Waals surface area contributed by atoms with E-state index in [1.165, 1.54) is 0 Å². The molecule has 0 unspecified atom stereocenters. The number of rotatable bonds is 3. The molecule has 110 valence electrons. The molecule has 0 amide bonds. The van der Waals surface area contributed by atoms with Crippen LogP contribution in [0, 0.1) is 23.3 Å². The number of anilines is 3. The van der Waals surface area contributed by atoms with Crippen molar-refractivity contribution in [2.75, 3.05) is 11.1 Å². The van der Waals surface area contributed by atoms with E-state index in [1.54, 1.807) is 0 Å². The summed E-state index contributed by atoms with van der Waals surface area (Å²) >= 11 is 0. The smallest absolute Gasteiger partial charge is 0.337 e. The summed E-state index contributed by atoms with van der Waals surface area (Å²) < 4.78 is 53.2. The van der Waals surface area contributed by atoms with Crippen molar-refractivity contribution in [3.63, 3.8) is 0 Å². The standard InChI is InChI=1S/C13H8F4N2O2/c14-5-1-8(16)12(17)11(2-5)19-10-3-6(13(20)21)9(18)4-7(10)15/h1-4,19H,18H2,(H,20,21). The second-order valence-corrected chi connectivity index (χ2v) is 4.10. The van der Waals surface area contributed by atoms with E-state index in [2.05, 4.69) is 5.32 Å². The summed E-state index contributed by atoms with van der Waals surface area (Å²) in [7, 11) is 0. The highest BCUT2D eigenvalue weighted by atomic mass is 19.2. The maximum atomic E-state index is 13.7. The van der Waals surface area contributed by atoms with Crippen molar-refractivity contribution in [2.24, 2.45) is 0 Å². The molecule has 0 bridgehead atoms. The van der Waals surface area contributed by atoms with Crippen LogP contribution in [-0.4, -0.2) is 11.1 Å². The first-order valence-electron chi connectivity index (χ1n) is 5.53. The Kier molecular flexibility index (Phi) is 3.70. The number of aromatic carboxylic acids is 1. The molecule has 0 heterocycles. The van der Waals surface area contributed by atoms with Gasteiger partial charge in [-0.25, -0.2) is 22.4 Å². The molecule has 4 nitrogen and oxygen atoms in total. The van der Waals surface area contributed by atoms with E-state index in [4.69, 9.17) is 10.8 Å². The quantitative estimate of drug-likeness (QED) is 0.462. The maximum absolute atomic E-state index is 13.7. The van der Waals surface area contributed by atoms with Crippen molar-refractivity contribution >= 4 is 23.0 Å². The van der Waals surface area contributed by atoms with Crippen LogP contribution in [0.15, 0.2) is 24.3 Å². The van der Waals surface area contributed by atoms with Crippen molar-refractivity contribution in [2.45, 2.75) is 0 Å². The Labute approximate surface area is 115 Å². The number of benzene rings is 2. The van der Waals surface area contributed by atoms with Gasteiger partial charge in [0.25, 0.3) is 0 Å². The first-order valence-corrected chi connectivity index (χ1v) is 5.53. The summed E-state index contributed by atoms with van der Waals surface area (Å²) in [4.78, 5) is 10.9. The van der Waals surface area contributed by atoms with Crippen LogP contribution in [0.5, 0.6) is 0 Å². The lowest BCUT2D eigenvalue weighted by atomic mass is 10.1. The van der Waals surface area contributed by atoms with Crippen molar-refractivity contribution in [1.29, 1.82) is 0 Å². The minimum absolute atomic E-state index is 0.322. The monoisotopic (exact) mass is 300 g/mol. The third kappa shape index (κ3) is 2.88. The van der Waals surface area contributed by atoms with Gasteiger partial charge < -0.3 is 16.2 Å². The number of halogens is 4. The molecule has 0 spiro atoms. The van der Waals surface area contributed by atoms with Crippen molar-refractivity contribution in [3.8, 4) is 0 Å². The predicted octanol–water partition coefficient (Wildman–Crippen LogP) is 3.27. The molecule has 0 saturated carbocycles. The normalized spacial score (nSPS) is 10.5. The fourth-order valence-electron chi connectivity index (χ4n) is 1.66. The van der Waals surface area contributed by atoms with Gasteiger partial charge in [-0.05, 0) is 12.1 Å². The number of carboxylic acid groups (broad SMARTS) is 1. The van der Waals surface area contributed by atoms with Crippen LogP contribution in [0.1, 0.15) is 10.4 Å². The summed E-state index contributed by atoms with van der Waals surface area (Å²) in [5, 5.41) is 11.0. The van der Waals surface area contributed by atoms with Gasteiger partial charge in [-0.2, -0.15) is 0 Å². The predicted molar refractivity (Wildman–Crippen MR) is 67.4 cm³/mol. The lowest BCUT2D eigenvalue weighted by Crippen LogP contribution is -2.06.